The minimum Gasteiger partial charge on any atom is -0.329 e. The van der Waals surface area contributed by atoms with Gasteiger partial charge in [0.1, 0.15) is 0 Å². The first-order valence-corrected chi connectivity index (χ1v) is 6.37. The van der Waals surface area contributed by atoms with Crippen molar-refractivity contribution in [2.45, 2.75) is 58.4 Å². The van der Waals surface area contributed by atoms with Crippen LogP contribution in [0.1, 0.15) is 52.9 Å². The molecule has 1 unspecified atom stereocenters. The van der Waals surface area contributed by atoms with Gasteiger partial charge in [-0.1, -0.05) is 27.2 Å². The minimum absolute atomic E-state index is 0.280. The van der Waals surface area contributed by atoms with Crippen molar-refractivity contribution in [1.29, 1.82) is 0 Å². The van der Waals surface area contributed by atoms with Crippen molar-refractivity contribution in [3.63, 3.8) is 0 Å². The molecule has 90 valence electrons. The van der Waals surface area contributed by atoms with Crippen LogP contribution in [0.4, 0.5) is 0 Å². The molecule has 0 heterocycles. The Labute approximate surface area is 95.2 Å². The molecule has 0 aromatic rings. The van der Waals surface area contributed by atoms with Crippen LogP contribution in [-0.2, 0) is 0 Å². The molecule has 1 aliphatic carbocycles. The standard InChI is InChI=1S/C13H28N2/c1-5-15(4)13(11-14)8-6-7-12(2,3)9-10-13/h5-11,14H2,1-4H3. The van der Waals surface area contributed by atoms with Crippen molar-refractivity contribution < 1.29 is 0 Å². The van der Waals surface area contributed by atoms with Crippen LogP contribution in [0.5, 0.6) is 0 Å². The SMILES string of the molecule is CCN(C)C1(CN)CCCC(C)(C)CC1. The molecular weight excluding hydrogens is 184 g/mol. The Bertz CT molecular complexity index is 201. The molecule has 1 saturated carbocycles. The van der Waals surface area contributed by atoms with Gasteiger partial charge in [-0.3, -0.25) is 4.90 Å². The highest BCUT2D eigenvalue weighted by molar-refractivity contribution is 4.94. The summed E-state index contributed by atoms with van der Waals surface area (Å²) in [6.07, 6.45) is 6.54. The first-order chi connectivity index (χ1) is 6.96. The monoisotopic (exact) mass is 212 g/mol. The van der Waals surface area contributed by atoms with Crippen LogP contribution in [0.15, 0.2) is 0 Å². The summed E-state index contributed by atoms with van der Waals surface area (Å²) in [4.78, 5) is 2.47. The Kier molecular flexibility index (Phi) is 4.19. The van der Waals surface area contributed by atoms with E-state index >= 15 is 0 Å². The van der Waals surface area contributed by atoms with Crippen LogP contribution in [0.25, 0.3) is 0 Å². The lowest BCUT2D eigenvalue weighted by atomic mass is 9.83. The van der Waals surface area contributed by atoms with E-state index in [1.165, 1.54) is 32.1 Å². The summed E-state index contributed by atoms with van der Waals surface area (Å²) in [5.41, 5.74) is 6.83. The normalized spacial score (nSPS) is 31.6. The van der Waals surface area contributed by atoms with E-state index in [2.05, 4.69) is 32.7 Å². The van der Waals surface area contributed by atoms with Gasteiger partial charge in [0, 0.05) is 12.1 Å². The first-order valence-electron chi connectivity index (χ1n) is 6.37. The number of rotatable bonds is 3. The predicted octanol–water partition coefficient (Wildman–Crippen LogP) is 2.63. The first kappa shape index (κ1) is 13.0. The topological polar surface area (TPSA) is 29.3 Å². The molecule has 0 aromatic carbocycles. The Morgan fingerprint density at radius 2 is 1.80 bits per heavy atom. The van der Waals surface area contributed by atoms with Gasteiger partial charge in [-0.25, -0.2) is 0 Å². The molecule has 1 fully saturated rings. The van der Waals surface area contributed by atoms with Crippen LogP contribution < -0.4 is 5.73 Å². The van der Waals surface area contributed by atoms with E-state index in [-0.39, 0.29) is 5.54 Å². The van der Waals surface area contributed by atoms with Gasteiger partial charge in [0.15, 0.2) is 0 Å². The summed E-state index contributed by atoms with van der Waals surface area (Å²) in [5.74, 6) is 0. The molecule has 0 aromatic heterocycles. The van der Waals surface area contributed by atoms with Crippen molar-refractivity contribution in [2.24, 2.45) is 11.1 Å². The maximum absolute atomic E-state index is 6.03. The van der Waals surface area contributed by atoms with Crippen molar-refractivity contribution in [3.8, 4) is 0 Å². The van der Waals surface area contributed by atoms with Gasteiger partial charge < -0.3 is 5.73 Å². The lowest BCUT2D eigenvalue weighted by Gasteiger charge is -2.40. The van der Waals surface area contributed by atoms with E-state index in [1.807, 2.05) is 0 Å². The molecule has 1 aliphatic rings. The van der Waals surface area contributed by atoms with Gasteiger partial charge in [0.05, 0.1) is 0 Å². The minimum atomic E-state index is 0.280. The predicted molar refractivity (Wildman–Crippen MR) is 67.0 cm³/mol. The second kappa shape index (κ2) is 4.84. The average molecular weight is 212 g/mol. The fraction of sp³-hybridized carbons (Fsp3) is 1.00. The Balaban J connectivity index is 2.74. The molecule has 0 radical (unpaired) electrons. The molecule has 0 aliphatic heterocycles. The highest BCUT2D eigenvalue weighted by Crippen LogP contribution is 2.39. The Morgan fingerprint density at radius 1 is 1.13 bits per heavy atom. The molecule has 2 heteroatoms. The van der Waals surface area contributed by atoms with Crippen LogP contribution in [0.3, 0.4) is 0 Å². The van der Waals surface area contributed by atoms with E-state index in [9.17, 15) is 0 Å². The largest absolute Gasteiger partial charge is 0.329 e. The third-order valence-electron chi connectivity index (χ3n) is 4.43. The van der Waals surface area contributed by atoms with E-state index in [1.54, 1.807) is 0 Å². The lowest BCUT2D eigenvalue weighted by Crippen LogP contribution is -2.51. The van der Waals surface area contributed by atoms with Gasteiger partial charge in [-0.15, -0.1) is 0 Å². The van der Waals surface area contributed by atoms with Gasteiger partial charge in [-0.05, 0) is 44.7 Å². The highest BCUT2D eigenvalue weighted by atomic mass is 15.2. The summed E-state index contributed by atoms with van der Waals surface area (Å²) < 4.78 is 0. The lowest BCUT2D eigenvalue weighted by molar-refractivity contribution is 0.110. The third kappa shape index (κ3) is 2.94. The zero-order chi connectivity index (χ0) is 11.5. The second-order valence-electron chi connectivity index (χ2n) is 5.96. The third-order valence-corrected chi connectivity index (χ3v) is 4.43. The summed E-state index contributed by atoms with van der Waals surface area (Å²) in [7, 11) is 2.23. The number of hydrogen-bond acceptors (Lipinski definition) is 2. The zero-order valence-corrected chi connectivity index (χ0v) is 11.0. The quantitative estimate of drug-likeness (QED) is 0.729. The van der Waals surface area contributed by atoms with Gasteiger partial charge in [0.25, 0.3) is 0 Å². The summed E-state index contributed by atoms with van der Waals surface area (Å²) in [5, 5.41) is 0. The number of hydrogen-bond donors (Lipinski definition) is 1. The molecule has 0 bridgehead atoms. The second-order valence-corrected chi connectivity index (χ2v) is 5.96. The Morgan fingerprint density at radius 3 is 2.33 bits per heavy atom. The van der Waals surface area contributed by atoms with E-state index in [0.717, 1.165) is 13.1 Å². The smallest absolute Gasteiger partial charge is 0.0328 e. The van der Waals surface area contributed by atoms with Crippen LogP contribution in [0.2, 0.25) is 0 Å². The molecule has 15 heavy (non-hydrogen) atoms. The van der Waals surface area contributed by atoms with Crippen LogP contribution >= 0.6 is 0 Å². The van der Waals surface area contributed by atoms with Crippen LogP contribution in [-0.4, -0.2) is 30.6 Å². The average Bonchev–Trinajstić information content (AvgIpc) is 2.37. The molecule has 2 N–H and O–H groups in total. The molecule has 0 spiro atoms. The van der Waals surface area contributed by atoms with Crippen molar-refractivity contribution in [2.75, 3.05) is 20.1 Å². The number of likely N-dealkylation sites (N-methyl/N-ethyl adjacent to an activating group) is 1. The van der Waals surface area contributed by atoms with Gasteiger partial charge >= 0.3 is 0 Å². The molecule has 0 amide bonds. The van der Waals surface area contributed by atoms with Crippen molar-refractivity contribution in [1.82, 2.24) is 4.90 Å². The number of nitrogens with two attached hydrogens (primary N) is 1. The van der Waals surface area contributed by atoms with Gasteiger partial charge in [0.2, 0.25) is 0 Å². The fourth-order valence-corrected chi connectivity index (χ4v) is 2.79. The fourth-order valence-electron chi connectivity index (χ4n) is 2.79. The maximum Gasteiger partial charge on any atom is 0.0328 e. The van der Waals surface area contributed by atoms with E-state index < -0.39 is 0 Å². The van der Waals surface area contributed by atoms with Crippen molar-refractivity contribution in [3.05, 3.63) is 0 Å². The highest BCUT2D eigenvalue weighted by Gasteiger charge is 2.36. The van der Waals surface area contributed by atoms with E-state index in [4.69, 9.17) is 5.73 Å². The molecular formula is C13H28N2. The number of nitrogens with zero attached hydrogens (tertiary/aromatic N) is 1. The molecule has 0 saturated heterocycles. The zero-order valence-electron chi connectivity index (χ0n) is 11.0. The van der Waals surface area contributed by atoms with Crippen molar-refractivity contribution >= 4 is 0 Å². The van der Waals surface area contributed by atoms with Crippen LogP contribution in [0, 0.1) is 5.41 Å². The molecule has 1 atom stereocenters. The molecule has 2 nitrogen and oxygen atoms in total. The Hall–Kier alpha value is -0.0800. The van der Waals surface area contributed by atoms with Gasteiger partial charge in [-0.2, -0.15) is 0 Å². The molecule has 1 rings (SSSR count). The summed E-state index contributed by atoms with van der Waals surface area (Å²) in [6.45, 7) is 8.94. The maximum atomic E-state index is 6.03. The summed E-state index contributed by atoms with van der Waals surface area (Å²) in [6, 6.07) is 0. The summed E-state index contributed by atoms with van der Waals surface area (Å²) >= 11 is 0. The van der Waals surface area contributed by atoms with E-state index in [0.29, 0.717) is 5.41 Å².